The van der Waals surface area contributed by atoms with Crippen molar-refractivity contribution in [3.05, 3.63) is 42.4 Å². The zero-order valence-electron chi connectivity index (χ0n) is 14.5. The topological polar surface area (TPSA) is 71.5 Å². The predicted molar refractivity (Wildman–Crippen MR) is 93.6 cm³/mol. The van der Waals surface area contributed by atoms with E-state index >= 15 is 0 Å². The number of amides is 1. The maximum atomic E-state index is 11.9. The lowest BCUT2D eigenvalue weighted by molar-refractivity contribution is -0.135. The fourth-order valence-electron chi connectivity index (χ4n) is 2.92. The molecule has 0 aliphatic carbocycles. The highest BCUT2D eigenvalue weighted by atomic mass is 16.5. The van der Waals surface area contributed by atoms with Gasteiger partial charge in [-0.1, -0.05) is 6.07 Å². The van der Waals surface area contributed by atoms with Gasteiger partial charge in [-0.05, 0) is 18.6 Å². The van der Waals surface area contributed by atoms with Crippen LogP contribution in [0.1, 0.15) is 12.0 Å². The Morgan fingerprint density at radius 3 is 2.68 bits per heavy atom. The molecule has 1 aliphatic rings. The van der Waals surface area contributed by atoms with Crippen LogP contribution in [-0.2, 0) is 16.1 Å². The van der Waals surface area contributed by atoms with E-state index in [0.717, 1.165) is 50.4 Å². The first kappa shape index (κ1) is 17.4. The van der Waals surface area contributed by atoms with Crippen molar-refractivity contribution >= 4 is 5.91 Å². The van der Waals surface area contributed by atoms with E-state index < -0.39 is 0 Å². The van der Waals surface area contributed by atoms with E-state index in [1.54, 1.807) is 13.3 Å². The van der Waals surface area contributed by atoms with Crippen LogP contribution in [0.2, 0.25) is 0 Å². The van der Waals surface area contributed by atoms with Crippen molar-refractivity contribution in [1.29, 1.82) is 0 Å². The molecule has 0 radical (unpaired) electrons. The summed E-state index contributed by atoms with van der Waals surface area (Å²) in [6.45, 7) is 4.26. The van der Waals surface area contributed by atoms with Crippen LogP contribution in [0.4, 0.5) is 0 Å². The molecular formula is C18H23N5O2. The Hall–Kier alpha value is -2.38. The number of carbonyl (C=O) groups excluding carboxylic acids is 1. The first-order valence-electron chi connectivity index (χ1n) is 8.47. The molecule has 7 nitrogen and oxygen atoms in total. The van der Waals surface area contributed by atoms with E-state index in [1.165, 1.54) is 0 Å². The molecule has 2 aromatic rings. The molecule has 0 saturated carbocycles. The predicted octanol–water partition coefficient (Wildman–Crippen LogP) is 1.22. The monoisotopic (exact) mass is 341 g/mol. The summed E-state index contributed by atoms with van der Waals surface area (Å²) < 4.78 is 4.94. The number of carbonyl (C=O) groups is 1. The average Bonchev–Trinajstić information content (AvgIpc) is 2.89. The Labute approximate surface area is 147 Å². The molecule has 132 valence electrons. The molecule has 3 rings (SSSR count). The number of hydrogen-bond donors (Lipinski definition) is 0. The van der Waals surface area contributed by atoms with E-state index in [1.807, 2.05) is 35.5 Å². The second-order valence-corrected chi connectivity index (χ2v) is 6.07. The van der Waals surface area contributed by atoms with Crippen LogP contribution in [0.15, 0.2) is 36.8 Å². The van der Waals surface area contributed by atoms with Crippen LogP contribution in [0.3, 0.4) is 0 Å². The highest BCUT2D eigenvalue weighted by Gasteiger charge is 2.19. The Morgan fingerprint density at radius 2 is 1.96 bits per heavy atom. The van der Waals surface area contributed by atoms with E-state index in [-0.39, 0.29) is 12.5 Å². The van der Waals surface area contributed by atoms with Crippen LogP contribution in [0.5, 0.6) is 0 Å². The van der Waals surface area contributed by atoms with Gasteiger partial charge in [0.25, 0.3) is 0 Å². The molecule has 1 saturated heterocycles. The second-order valence-electron chi connectivity index (χ2n) is 6.07. The van der Waals surface area contributed by atoms with Crippen molar-refractivity contribution in [2.75, 3.05) is 39.9 Å². The molecule has 0 atom stereocenters. The number of aromatic nitrogens is 3. The maximum absolute atomic E-state index is 11.9. The Bertz CT molecular complexity index is 678. The van der Waals surface area contributed by atoms with Crippen molar-refractivity contribution in [3.8, 4) is 11.5 Å². The number of hydrogen-bond acceptors (Lipinski definition) is 6. The Kier molecular flexibility index (Phi) is 6.03. The van der Waals surface area contributed by atoms with E-state index in [4.69, 9.17) is 4.74 Å². The number of rotatable bonds is 5. The van der Waals surface area contributed by atoms with Gasteiger partial charge in [0.05, 0.1) is 0 Å². The maximum Gasteiger partial charge on any atom is 0.248 e. The van der Waals surface area contributed by atoms with E-state index in [0.29, 0.717) is 5.82 Å². The van der Waals surface area contributed by atoms with Crippen LogP contribution in [-0.4, -0.2) is 70.6 Å². The van der Waals surface area contributed by atoms with Crippen molar-refractivity contribution < 1.29 is 9.53 Å². The molecule has 1 fully saturated rings. The summed E-state index contributed by atoms with van der Waals surface area (Å²) in [7, 11) is 1.55. The third-order valence-corrected chi connectivity index (χ3v) is 4.21. The minimum absolute atomic E-state index is 0.0624. The molecule has 1 amide bonds. The average molecular weight is 341 g/mol. The molecule has 0 unspecified atom stereocenters. The molecule has 1 aliphatic heterocycles. The smallest absolute Gasteiger partial charge is 0.248 e. The normalized spacial score (nSPS) is 15.8. The molecule has 7 heteroatoms. The SMILES string of the molecule is COCC(=O)N1CCCN(Cc2cnc(-c3ccccn3)nc2)CC1. The van der Waals surface area contributed by atoms with Gasteiger partial charge in [0.1, 0.15) is 12.3 Å². The van der Waals surface area contributed by atoms with Gasteiger partial charge in [-0.2, -0.15) is 0 Å². The Morgan fingerprint density at radius 1 is 1.12 bits per heavy atom. The number of ether oxygens (including phenoxy) is 1. The van der Waals surface area contributed by atoms with Crippen molar-refractivity contribution in [3.63, 3.8) is 0 Å². The van der Waals surface area contributed by atoms with Crippen LogP contribution >= 0.6 is 0 Å². The molecule has 0 spiro atoms. The van der Waals surface area contributed by atoms with Gasteiger partial charge in [-0.3, -0.25) is 14.7 Å². The van der Waals surface area contributed by atoms with Gasteiger partial charge >= 0.3 is 0 Å². The number of nitrogens with zero attached hydrogens (tertiary/aromatic N) is 5. The first-order chi connectivity index (χ1) is 12.3. The minimum atomic E-state index is 0.0624. The highest BCUT2D eigenvalue weighted by molar-refractivity contribution is 5.77. The molecule has 0 bridgehead atoms. The zero-order chi connectivity index (χ0) is 17.5. The molecule has 0 aromatic carbocycles. The van der Waals surface area contributed by atoms with Crippen LogP contribution < -0.4 is 0 Å². The standard InChI is InChI=1S/C18H23N5O2/c1-25-14-17(24)23-8-4-7-22(9-10-23)13-15-11-20-18(21-12-15)16-5-2-3-6-19-16/h2-3,5-6,11-12H,4,7-10,13-14H2,1H3. The summed E-state index contributed by atoms with van der Waals surface area (Å²) in [5, 5.41) is 0. The van der Waals surface area contributed by atoms with Gasteiger partial charge in [0, 0.05) is 64.0 Å². The lowest BCUT2D eigenvalue weighted by atomic mass is 10.3. The van der Waals surface area contributed by atoms with Gasteiger partial charge in [0.2, 0.25) is 5.91 Å². The summed E-state index contributed by atoms with van der Waals surface area (Å²) in [6.07, 6.45) is 6.41. The highest BCUT2D eigenvalue weighted by Crippen LogP contribution is 2.12. The Balaban J connectivity index is 1.56. The van der Waals surface area contributed by atoms with Crippen molar-refractivity contribution in [2.24, 2.45) is 0 Å². The fraction of sp³-hybridized carbons (Fsp3) is 0.444. The van der Waals surface area contributed by atoms with Gasteiger partial charge in [0.15, 0.2) is 5.82 Å². The van der Waals surface area contributed by atoms with E-state index in [2.05, 4.69) is 19.9 Å². The van der Waals surface area contributed by atoms with E-state index in [9.17, 15) is 4.79 Å². The lowest BCUT2D eigenvalue weighted by Crippen LogP contribution is -2.37. The summed E-state index contributed by atoms with van der Waals surface area (Å²) in [4.78, 5) is 29.3. The largest absolute Gasteiger partial charge is 0.375 e. The first-order valence-corrected chi connectivity index (χ1v) is 8.47. The van der Waals surface area contributed by atoms with Crippen molar-refractivity contribution in [2.45, 2.75) is 13.0 Å². The quantitative estimate of drug-likeness (QED) is 0.814. The van der Waals surface area contributed by atoms with Crippen LogP contribution in [0.25, 0.3) is 11.5 Å². The molecule has 0 N–H and O–H groups in total. The summed E-state index contributed by atoms with van der Waals surface area (Å²) in [5.74, 6) is 0.698. The third kappa shape index (κ3) is 4.80. The molecular weight excluding hydrogens is 318 g/mol. The van der Waals surface area contributed by atoms with Crippen LogP contribution in [0, 0.1) is 0 Å². The summed E-state index contributed by atoms with van der Waals surface area (Å²) in [6, 6.07) is 5.70. The second kappa shape index (κ2) is 8.64. The zero-order valence-corrected chi connectivity index (χ0v) is 14.5. The summed E-state index contributed by atoms with van der Waals surface area (Å²) >= 11 is 0. The lowest BCUT2D eigenvalue weighted by Gasteiger charge is -2.21. The van der Waals surface area contributed by atoms with Gasteiger partial charge < -0.3 is 9.64 Å². The van der Waals surface area contributed by atoms with Gasteiger partial charge in [-0.25, -0.2) is 9.97 Å². The molecule has 2 aromatic heterocycles. The number of methoxy groups -OCH3 is 1. The van der Waals surface area contributed by atoms with Crippen molar-refractivity contribution in [1.82, 2.24) is 24.8 Å². The molecule has 3 heterocycles. The summed E-state index contributed by atoms with van der Waals surface area (Å²) in [5.41, 5.74) is 1.84. The fourth-order valence-corrected chi connectivity index (χ4v) is 2.92. The molecule has 25 heavy (non-hydrogen) atoms. The van der Waals surface area contributed by atoms with Gasteiger partial charge in [-0.15, -0.1) is 0 Å². The number of pyridine rings is 1. The third-order valence-electron chi connectivity index (χ3n) is 4.21. The minimum Gasteiger partial charge on any atom is -0.375 e.